The molecule has 0 saturated heterocycles. The molecule has 0 bridgehead atoms. The van der Waals surface area contributed by atoms with Gasteiger partial charge in [-0.05, 0) is 37.7 Å². The Balaban J connectivity index is 1.60. The Hall–Kier alpha value is -4.04. The van der Waals surface area contributed by atoms with Crippen molar-refractivity contribution < 1.29 is 34.5 Å². The number of aliphatic imine (C=N–C) groups is 2. The van der Waals surface area contributed by atoms with Gasteiger partial charge in [0.1, 0.15) is 6.04 Å². The van der Waals surface area contributed by atoms with Crippen LogP contribution >= 0.6 is 0 Å². The van der Waals surface area contributed by atoms with Crippen molar-refractivity contribution in [2.75, 3.05) is 25.5 Å². The van der Waals surface area contributed by atoms with Crippen molar-refractivity contribution in [2.45, 2.75) is 30.7 Å². The molecule has 14 nitrogen and oxygen atoms in total. The number of likely N-dealkylation sites (N-methyl/N-ethyl adjacent to an activating group) is 1. The van der Waals surface area contributed by atoms with E-state index in [1.165, 1.54) is 17.0 Å². The topological polar surface area (TPSA) is 219 Å². The Bertz CT molecular complexity index is 1060. The molecule has 14 heteroatoms. The van der Waals surface area contributed by atoms with Gasteiger partial charge in [0.2, 0.25) is 5.96 Å². The molecule has 0 spiro atoms. The van der Waals surface area contributed by atoms with E-state index in [2.05, 4.69) is 25.9 Å². The van der Waals surface area contributed by atoms with Gasteiger partial charge in [0.05, 0.1) is 6.54 Å². The first-order chi connectivity index (χ1) is 16.0. The highest BCUT2D eigenvalue weighted by Gasteiger charge is 2.52. The maximum absolute atomic E-state index is 12.3. The molecule has 1 aromatic rings. The summed E-state index contributed by atoms with van der Waals surface area (Å²) in [6, 6.07) is 4.47. The van der Waals surface area contributed by atoms with Crippen LogP contribution in [0, 0.1) is 0 Å². The Morgan fingerprint density at radius 3 is 2.59 bits per heavy atom. The molecule has 0 fully saturated rings. The largest absolute Gasteiger partial charge is 0.481 e. The summed E-state index contributed by atoms with van der Waals surface area (Å²) in [5, 5.41) is 36.5. The second-order valence-electron chi connectivity index (χ2n) is 7.81. The molecule has 0 radical (unpaired) electrons. The lowest BCUT2D eigenvalue weighted by atomic mass is 10.0. The Labute approximate surface area is 193 Å². The van der Waals surface area contributed by atoms with Gasteiger partial charge in [0, 0.05) is 30.3 Å². The number of rotatable bonds is 9. The smallest absolute Gasteiger partial charge is 0.326 e. The fraction of sp³-hybridized carbons (Fsp3) is 0.400. The third-order valence-electron chi connectivity index (χ3n) is 5.55. The Morgan fingerprint density at radius 2 is 1.97 bits per heavy atom. The number of amidine groups is 1. The highest BCUT2D eigenvalue weighted by Crippen LogP contribution is 2.24. The van der Waals surface area contributed by atoms with Crippen molar-refractivity contribution in [1.29, 1.82) is 0 Å². The summed E-state index contributed by atoms with van der Waals surface area (Å²) in [4.78, 5) is 56.1. The third-order valence-corrected chi connectivity index (χ3v) is 5.55. The number of carbonyl (C=O) groups excluding carboxylic acids is 2. The molecule has 2 unspecified atom stereocenters. The summed E-state index contributed by atoms with van der Waals surface area (Å²) in [6.45, 7) is 0.544. The molecule has 0 aliphatic carbocycles. The summed E-state index contributed by atoms with van der Waals surface area (Å²) < 4.78 is 0. The van der Waals surface area contributed by atoms with E-state index in [4.69, 9.17) is 10.8 Å². The number of carboxylic acids is 2. The summed E-state index contributed by atoms with van der Waals surface area (Å²) >= 11 is 0. The minimum absolute atomic E-state index is 0.0779. The monoisotopic (exact) mass is 475 g/mol. The number of amides is 2. The molecule has 2 aliphatic rings. The van der Waals surface area contributed by atoms with Crippen LogP contribution in [0.5, 0.6) is 0 Å². The van der Waals surface area contributed by atoms with Crippen LogP contribution in [0.15, 0.2) is 34.3 Å². The van der Waals surface area contributed by atoms with Crippen LogP contribution in [-0.2, 0) is 14.4 Å². The van der Waals surface area contributed by atoms with Gasteiger partial charge in [-0.15, -0.1) is 0 Å². The molecule has 1 aromatic carbocycles. The van der Waals surface area contributed by atoms with E-state index in [-0.39, 0.29) is 36.4 Å². The van der Waals surface area contributed by atoms with Crippen LogP contribution < -0.4 is 21.7 Å². The van der Waals surface area contributed by atoms with Gasteiger partial charge in [-0.25, -0.2) is 4.79 Å². The first kappa shape index (κ1) is 24.6. The van der Waals surface area contributed by atoms with E-state index in [1.807, 2.05) is 0 Å². The zero-order valence-corrected chi connectivity index (χ0v) is 18.2. The number of benzene rings is 1. The number of nitrogens with zero attached hydrogens (tertiary/aromatic N) is 3. The average Bonchev–Trinajstić information content (AvgIpc) is 2.78. The van der Waals surface area contributed by atoms with Crippen LogP contribution in [0.4, 0.5) is 5.69 Å². The van der Waals surface area contributed by atoms with E-state index >= 15 is 0 Å². The van der Waals surface area contributed by atoms with Crippen molar-refractivity contribution in [3.63, 3.8) is 0 Å². The third kappa shape index (κ3) is 5.13. The average molecular weight is 475 g/mol. The van der Waals surface area contributed by atoms with Crippen LogP contribution in [0.1, 0.15) is 23.2 Å². The molecule has 3 rings (SSSR count). The van der Waals surface area contributed by atoms with Crippen molar-refractivity contribution in [3.8, 4) is 0 Å². The van der Waals surface area contributed by atoms with Gasteiger partial charge in [-0.2, -0.15) is 4.99 Å². The lowest BCUT2D eigenvalue weighted by Crippen LogP contribution is -2.71. The fourth-order valence-corrected chi connectivity index (χ4v) is 3.51. The summed E-state index contributed by atoms with van der Waals surface area (Å²) in [5.41, 5.74) is 4.30. The molecular formula is C20H25N7O7. The van der Waals surface area contributed by atoms with Crippen molar-refractivity contribution in [1.82, 2.24) is 15.5 Å². The van der Waals surface area contributed by atoms with Crippen LogP contribution in [-0.4, -0.2) is 93.7 Å². The van der Waals surface area contributed by atoms with Gasteiger partial charge in [-0.1, -0.05) is 0 Å². The Morgan fingerprint density at radius 1 is 1.29 bits per heavy atom. The minimum atomic E-state index is -2.04. The molecule has 182 valence electrons. The number of nitrogens with one attached hydrogen (secondary N) is 3. The van der Waals surface area contributed by atoms with Crippen molar-refractivity contribution >= 4 is 41.2 Å². The number of carboxylic acid groups (broad SMARTS) is 2. The Kier molecular flexibility index (Phi) is 7.12. The summed E-state index contributed by atoms with van der Waals surface area (Å²) in [6.07, 6.45) is -0.630. The van der Waals surface area contributed by atoms with Crippen LogP contribution in [0.2, 0.25) is 0 Å². The van der Waals surface area contributed by atoms with Gasteiger partial charge >= 0.3 is 11.9 Å². The molecule has 34 heavy (non-hydrogen) atoms. The normalized spacial score (nSPS) is 23.0. The predicted molar refractivity (Wildman–Crippen MR) is 119 cm³/mol. The highest BCUT2D eigenvalue weighted by molar-refractivity contribution is 6.21. The molecule has 3 atom stereocenters. The number of nitrogens with two attached hydrogens (primary N) is 1. The summed E-state index contributed by atoms with van der Waals surface area (Å²) in [7, 11) is 1.56. The number of carbonyl (C=O) groups is 4. The number of hydrogen-bond acceptors (Lipinski definition) is 10. The van der Waals surface area contributed by atoms with Crippen molar-refractivity contribution in [3.05, 3.63) is 29.8 Å². The van der Waals surface area contributed by atoms with Crippen LogP contribution in [0.25, 0.3) is 0 Å². The van der Waals surface area contributed by atoms with Gasteiger partial charge < -0.3 is 31.7 Å². The van der Waals surface area contributed by atoms with E-state index in [9.17, 15) is 29.4 Å². The first-order valence-corrected chi connectivity index (χ1v) is 10.3. The summed E-state index contributed by atoms with van der Waals surface area (Å²) in [5.74, 6) is -4.09. The number of aliphatic carboxylic acids is 2. The number of aliphatic hydroxyl groups is 1. The van der Waals surface area contributed by atoms with E-state index in [0.717, 1.165) is 0 Å². The number of hydrogen-bond donors (Lipinski definition) is 7. The van der Waals surface area contributed by atoms with Gasteiger partial charge in [0.15, 0.2) is 5.84 Å². The van der Waals surface area contributed by atoms with Gasteiger partial charge in [-0.3, -0.25) is 29.6 Å². The molecule has 2 heterocycles. The zero-order chi connectivity index (χ0) is 25.0. The predicted octanol–water partition coefficient (Wildman–Crippen LogP) is -2.01. The van der Waals surface area contributed by atoms with Gasteiger partial charge in [0.25, 0.3) is 17.5 Å². The molecule has 0 aromatic heterocycles. The fourth-order valence-electron chi connectivity index (χ4n) is 3.51. The molecule has 2 aliphatic heterocycles. The van der Waals surface area contributed by atoms with E-state index in [0.29, 0.717) is 12.2 Å². The highest BCUT2D eigenvalue weighted by atomic mass is 16.4. The SMILES string of the molecule is CN1C(CNc2ccc(C(=O)N[C@@H](CCC(=O)O)C(=O)O)cc2)CN=C2N=C(N)NC(=O)C21O. The second-order valence-corrected chi connectivity index (χ2v) is 7.81. The first-order valence-electron chi connectivity index (χ1n) is 10.3. The minimum Gasteiger partial charge on any atom is -0.481 e. The molecule has 2 amide bonds. The van der Waals surface area contributed by atoms with Crippen LogP contribution in [0.3, 0.4) is 0 Å². The maximum Gasteiger partial charge on any atom is 0.326 e. The lowest BCUT2D eigenvalue weighted by Gasteiger charge is -2.43. The lowest BCUT2D eigenvalue weighted by molar-refractivity contribution is -0.150. The molecule has 8 N–H and O–H groups in total. The zero-order valence-electron chi connectivity index (χ0n) is 18.2. The number of fused-ring (bicyclic) bond motifs is 1. The van der Waals surface area contributed by atoms with Crippen molar-refractivity contribution in [2.24, 2.45) is 15.7 Å². The van der Waals surface area contributed by atoms with E-state index < -0.39 is 41.9 Å². The quantitative estimate of drug-likeness (QED) is 0.208. The number of guanidine groups is 1. The number of anilines is 1. The standard InChI is InChI=1S/C20H25N7O7/c1-27-12(9-23-17-20(27,34)18(33)26-19(21)25-17)8-22-11-4-2-10(3-5-11)15(30)24-13(16(31)32)6-7-14(28)29/h2-5,12-13,22,34H,6-9H2,1H3,(H,24,30)(H,28,29)(H,31,32)(H3,21,23,25,26,33)/t12?,13-,20?/m0/s1. The van der Waals surface area contributed by atoms with E-state index in [1.54, 1.807) is 19.2 Å². The maximum atomic E-state index is 12.3. The molecular weight excluding hydrogens is 450 g/mol. The molecule has 0 saturated carbocycles. The second kappa shape index (κ2) is 9.84.